The van der Waals surface area contributed by atoms with Gasteiger partial charge in [0.2, 0.25) is 0 Å². The zero-order valence-corrected chi connectivity index (χ0v) is 13.6. The molecule has 1 fully saturated rings. The summed E-state index contributed by atoms with van der Waals surface area (Å²) in [6, 6.07) is 5.95. The molecule has 1 aliphatic carbocycles. The predicted molar refractivity (Wildman–Crippen MR) is 90.4 cm³/mol. The standard InChI is InChI=1S/C18H28N2O2/c1-12-10-13(12)6-4-3-5-7-16-18(21)20-17-11-14(22-2)8-9-15(17)19-16/h8-9,11-13,16,18-21H,3-7,10H2,1-2H3/t12?,13-,16?,18?/m1/s1. The summed E-state index contributed by atoms with van der Waals surface area (Å²) in [5.74, 6) is 2.77. The number of rotatable bonds is 7. The van der Waals surface area contributed by atoms with Crippen molar-refractivity contribution in [2.75, 3.05) is 17.7 Å². The summed E-state index contributed by atoms with van der Waals surface area (Å²) in [6.07, 6.45) is 7.06. The van der Waals surface area contributed by atoms with Crippen LogP contribution in [0, 0.1) is 11.8 Å². The number of hydrogen-bond donors (Lipinski definition) is 3. The maximum Gasteiger partial charge on any atom is 0.144 e. The molecule has 0 aromatic heterocycles. The van der Waals surface area contributed by atoms with Crippen LogP contribution >= 0.6 is 0 Å². The van der Waals surface area contributed by atoms with Crippen LogP contribution in [0.5, 0.6) is 5.75 Å². The second kappa shape index (κ2) is 6.78. The second-order valence-corrected chi connectivity index (χ2v) is 6.86. The Morgan fingerprint density at radius 1 is 1.14 bits per heavy atom. The monoisotopic (exact) mass is 304 g/mol. The van der Waals surface area contributed by atoms with E-state index in [2.05, 4.69) is 17.6 Å². The molecule has 4 heteroatoms. The number of methoxy groups -OCH3 is 1. The largest absolute Gasteiger partial charge is 0.497 e. The molecule has 3 N–H and O–H groups in total. The Balaban J connectivity index is 1.44. The molecule has 0 spiro atoms. The fourth-order valence-electron chi connectivity index (χ4n) is 3.41. The minimum Gasteiger partial charge on any atom is -0.497 e. The van der Waals surface area contributed by atoms with Crippen LogP contribution in [-0.2, 0) is 0 Å². The summed E-state index contributed by atoms with van der Waals surface area (Å²) >= 11 is 0. The van der Waals surface area contributed by atoms with Gasteiger partial charge in [-0.3, -0.25) is 0 Å². The van der Waals surface area contributed by atoms with Gasteiger partial charge in [0.25, 0.3) is 0 Å². The van der Waals surface area contributed by atoms with E-state index >= 15 is 0 Å². The van der Waals surface area contributed by atoms with Crippen molar-refractivity contribution in [3.63, 3.8) is 0 Å². The van der Waals surface area contributed by atoms with Crippen molar-refractivity contribution in [1.82, 2.24) is 0 Å². The van der Waals surface area contributed by atoms with Gasteiger partial charge in [0, 0.05) is 6.07 Å². The van der Waals surface area contributed by atoms with E-state index in [1.54, 1.807) is 7.11 Å². The summed E-state index contributed by atoms with van der Waals surface area (Å²) in [5, 5.41) is 16.9. The number of aliphatic hydroxyl groups excluding tert-OH is 1. The van der Waals surface area contributed by atoms with E-state index < -0.39 is 6.23 Å². The Morgan fingerprint density at radius 3 is 2.64 bits per heavy atom. The lowest BCUT2D eigenvalue weighted by Crippen LogP contribution is -2.42. The van der Waals surface area contributed by atoms with Crippen molar-refractivity contribution >= 4 is 11.4 Å². The van der Waals surface area contributed by atoms with E-state index in [4.69, 9.17) is 4.74 Å². The zero-order valence-electron chi connectivity index (χ0n) is 13.6. The van der Waals surface area contributed by atoms with Crippen molar-refractivity contribution in [3.8, 4) is 5.75 Å². The van der Waals surface area contributed by atoms with Gasteiger partial charge in [-0.2, -0.15) is 0 Å². The number of anilines is 2. The Labute approximate surface area is 133 Å². The van der Waals surface area contributed by atoms with Gasteiger partial charge >= 0.3 is 0 Å². The van der Waals surface area contributed by atoms with Crippen LogP contribution in [0.25, 0.3) is 0 Å². The van der Waals surface area contributed by atoms with Crippen LogP contribution in [0.4, 0.5) is 11.4 Å². The molecule has 22 heavy (non-hydrogen) atoms. The Morgan fingerprint density at radius 2 is 1.91 bits per heavy atom. The average Bonchev–Trinajstić information content (AvgIpc) is 3.22. The van der Waals surface area contributed by atoms with Crippen LogP contribution in [0.1, 0.15) is 45.4 Å². The summed E-state index contributed by atoms with van der Waals surface area (Å²) in [5.41, 5.74) is 1.95. The highest BCUT2D eigenvalue weighted by molar-refractivity contribution is 5.73. The van der Waals surface area contributed by atoms with E-state index in [-0.39, 0.29) is 6.04 Å². The summed E-state index contributed by atoms with van der Waals surface area (Å²) in [4.78, 5) is 0. The molecule has 1 aliphatic heterocycles. The number of nitrogens with one attached hydrogen (secondary N) is 2. The van der Waals surface area contributed by atoms with Gasteiger partial charge < -0.3 is 20.5 Å². The SMILES string of the molecule is COc1ccc2c(c1)NC(O)C(CCCCC[C@@H]1CC1C)N2. The van der Waals surface area contributed by atoms with Crippen LogP contribution < -0.4 is 15.4 Å². The number of ether oxygens (including phenoxy) is 1. The lowest BCUT2D eigenvalue weighted by Gasteiger charge is -2.33. The van der Waals surface area contributed by atoms with Gasteiger partial charge in [0.1, 0.15) is 12.0 Å². The molecule has 0 bridgehead atoms. The van der Waals surface area contributed by atoms with E-state index in [0.717, 1.165) is 35.4 Å². The molecular formula is C18H28N2O2. The molecule has 2 aliphatic rings. The fraction of sp³-hybridized carbons (Fsp3) is 0.667. The molecule has 3 rings (SSSR count). The molecule has 1 aromatic rings. The number of unbranched alkanes of at least 4 members (excludes halogenated alkanes) is 2. The van der Waals surface area contributed by atoms with E-state index in [9.17, 15) is 5.11 Å². The minimum atomic E-state index is -0.539. The van der Waals surface area contributed by atoms with Crippen molar-refractivity contribution < 1.29 is 9.84 Å². The molecule has 0 saturated heterocycles. The molecule has 1 heterocycles. The van der Waals surface area contributed by atoms with Crippen molar-refractivity contribution in [3.05, 3.63) is 18.2 Å². The van der Waals surface area contributed by atoms with Gasteiger partial charge in [-0.25, -0.2) is 0 Å². The average molecular weight is 304 g/mol. The number of benzene rings is 1. The van der Waals surface area contributed by atoms with Crippen molar-refractivity contribution in [2.45, 2.75) is 57.7 Å². The van der Waals surface area contributed by atoms with Crippen LogP contribution in [0.15, 0.2) is 18.2 Å². The van der Waals surface area contributed by atoms with E-state index in [0.29, 0.717) is 0 Å². The third-order valence-corrected chi connectivity index (χ3v) is 5.12. The Bertz CT molecular complexity index is 506. The van der Waals surface area contributed by atoms with Crippen molar-refractivity contribution in [1.29, 1.82) is 0 Å². The first-order valence-electron chi connectivity index (χ1n) is 8.56. The predicted octanol–water partition coefficient (Wildman–Crippen LogP) is 3.83. The molecule has 0 amide bonds. The maximum atomic E-state index is 10.3. The number of aliphatic hydroxyl groups is 1. The molecule has 1 saturated carbocycles. The minimum absolute atomic E-state index is 0.0840. The molecule has 122 valence electrons. The molecule has 4 nitrogen and oxygen atoms in total. The molecule has 3 unspecified atom stereocenters. The van der Waals surface area contributed by atoms with Crippen molar-refractivity contribution in [2.24, 2.45) is 11.8 Å². The summed E-state index contributed by atoms with van der Waals surface area (Å²) < 4.78 is 5.22. The zero-order chi connectivity index (χ0) is 15.5. The second-order valence-electron chi connectivity index (χ2n) is 6.86. The first-order chi connectivity index (χ1) is 10.7. The van der Waals surface area contributed by atoms with Crippen LogP contribution in [-0.4, -0.2) is 24.5 Å². The highest BCUT2D eigenvalue weighted by Gasteiger charge is 2.31. The fourth-order valence-corrected chi connectivity index (χ4v) is 3.41. The van der Waals surface area contributed by atoms with Gasteiger partial charge in [-0.1, -0.05) is 32.6 Å². The lowest BCUT2D eigenvalue weighted by atomic mass is 10.0. The number of hydrogen-bond acceptors (Lipinski definition) is 4. The normalized spacial score (nSPS) is 29.2. The number of fused-ring (bicyclic) bond motifs is 1. The molecular weight excluding hydrogens is 276 g/mol. The summed E-state index contributed by atoms with van der Waals surface area (Å²) in [6.45, 7) is 2.35. The molecule has 4 atom stereocenters. The van der Waals surface area contributed by atoms with E-state index in [1.165, 1.54) is 32.1 Å². The van der Waals surface area contributed by atoms with Gasteiger partial charge in [-0.15, -0.1) is 0 Å². The highest BCUT2D eigenvalue weighted by Crippen LogP contribution is 2.41. The maximum absolute atomic E-state index is 10.3. The van der Waals surface area contributed by atoms with Gasteiger partial charge in [-0.05, 0) is 36.8 Å². The third kappa shape index (κ3) is 3.67. The van der Waals surface area contributed by atoms with Gasteiger partial charge in [0.15, 0.2) is 0 Å². The first-order valence-corrected chi connectivity index (χ1v) is 8.56. The van der Waals surface area contributed by atoms with Gasteiger partial charge in [0.05, 0.1) is 24.5 Å². The first kappa shape index (κ1) is 15.5. The Kier molecular flexibility index (Phi) is 4.77. The topological polar surface area (TPSA) is 53.5 Å². The smallest absolute Gasteiger partial charge is 0.144 e. The lowest BCUT2D eigenvalue weighted by molar-refractivity contribution is 0.171. The van der Waals surface area contributed by atoms with E-state index in [1.807, 2.05) is 18.2 Å². The molecule has 0 radical (unpaired) electrons. The van der Waals surface area contributed by atoms with Crippen LogP contribution in [0.2, 0.25) is 0 Å². The van der Waals surface area contributed by atoms with Crippen LogP contribution in [0.3, 0.4) is 0 Å². The Hall–Kier alpha value is -1.42. The molecule has 1 aromatic carbocycles. The summed E-state index contributed by atoms with van der Waals surface area (Å²) in [7, 11) is 1.65. The highest BCUT2D eigenvalue weighted by atomic mass is 16.5. The quantitative estimate of drug-likeness (QED) is 0.670. The third-order valence-electron chi connectivity index (χ3n) is 5.12.